The summed E-state index contributed by atoms with van der Waals surface area (Å²) in [6, 6.07) is 8.41. The third-order valence-electron chi connectivity index (χ3n) is 5.06. The van der Waals surface area contributed by atoms with Crippen molar-refractivity contribution in [2.75, 3.05) is 5.73 Å². The molecule has 0 bridgehead atoms. The van der Waals surface area contributed by atoms with E-state index in [0.717, 1.165) is 27.9 Å². The zero-order chi connectivity index (χ0) is 21.3. The minimum Gasteiger partial charge on any atom is -0.368 e. The van der Waals surface area contributed by atoms with Crippen LogP contribution in [0.5, 0.6) is 0 Å². The van der Waals surface area contributed by atoms with Gasteiger partial charge >= 0.3 is 5.97 Å². The summed E-state index contributed by atoms with van der Waals surface area (Å²) in [5.74, 6) is -0.746. The molecule has 2 heterocycles. The number of benzene rings is 1. The lowest BCUT2D eigenvalue weighted by atomic mass is 9.78. The van der Waals surface area contributed by atoms with Gasteiger partial charge in [0, 0.05) is 36.9 Å². The Morgan fingerprint density at radius 3 is 2.83 bits per heavy atom. The van der Waals surface area contributed by atoms with Crippen LogP contribution < -0.4 is 5.73 Å². The third-order valence-corrected chi connectivity index (χ3v) is 5.06. The molecule has 0 amide bonds. The van der Waals surface area contributed by atoms with Crippen molar-refractivity contribution in [1.82, 2.24) is 15.0 Å². The highest BCUT2D eigenvalue weighted by molar-refractivity contribution is 6.04. The van der Waals surface area contributed by atoms with Gasteiger partial charge in [-0.05, 0) is 48.6 Å². The first-order valence-corrected chi connectivity index (χ1v) is 9.50. The molecule has 7 nitrogen and oxygen atoms in total. The van der Waals surface area contributed by atoms with Gasteiger partial charge in [-0.15, -0.1) is 0 Å². The number of fused-ring (bicyclic) bond motifs is 1. The highest BCUT2D eigenvalue weighted by Crippen LogP contribution is 2.38. The van der Waals surface area contributed by atoms with Crippen LogP contribution in [0, 0.1) is 12.7 Å². The molecule has 0 spiro atoms. The molecule has 1 aromatic carbocycles. The number of hydrogen-bond acceptors (Lipinski definition) is 7. The van der Waals surface area contributed by atoms with E-state index in [0.29, 0.717) is 24.2 Å². The molecular formula is C22H20FN5O2. The first kappa shape index (κ1) is 19.6. The van der Waals surface area contributed by atoms with Gasteiger partial charge in [0.25, 0.3) is 0 Å². The van der Waals surface area contributed by atoms with Gasteiger partial charge in [-0.1, -0.05) is 17.3 Å². The molecule has 30 heavy (non-hydrogen) atoms. The molecule has 2 N–H and O–H groups in total. The second kappa shape index (κ2) is 7.98. The summed E-state index contributed by atoms with van der Waals surface area (Å²) >= 11 is 0. The van der Waals surface area contributed by atoms with E-state index in [9.17, 15) is 9.18 Å². The predicted molar refractivity (Wildman–Crippen MR) is 110 cm³/mol. The average molecular weight is 405 g/mol. The molecule has 3 aromatic rings. The van der Waals surface area contributed by atoms with Crippen LogP contribution in [0.1, 0.15) is 41.8 Å². The van der Waals surface area contributed by atoms with Crippen molar-refractivity contribution in [3.8, 4) is 11.1 Å². The van der Waals surface area contributed by atoms with E-state index < -0.39 is 5.97 Å². The Labute approximate surface area is 172 Å². The molecule has 0 radical (unpaired) electrons. The number of carbonyl (C=O) groups excluding carboxylic acids is 1. The van der Waals surface area contributed by atoms with Crippen molar-refractivity contribution in [2.45, 2.75) is 32.6 Å². The molecule has 1 atom stereocenters. The number of halogens is 1. The SMILES string of the molecule is CC(=O)ON=C1C[C@@H](c2ccc(F)cc2-c2cccnc2)Cc2nc(N)nc(C)c21. The quantitative estimate of drug-likeness (QED) is 0.528. The van der Waals surface area contributed by atoms with Gasteiger partial charge in [0.15, 0.2) is 0 Å². The van der Waals surface area contributed by atoms with Crippen molar-refractivity contribution in [2.24, 2.45) is 5.16 Å². The van der Waals surface area contributed by atoms with Gasteiger partial charge in [-0.25, -0.2) is 19.2 Å². The number of rotatable bonds is 3. The Bertz CT molecular complexity index is 1150. The Hall–Kier alpha value is -3.68. The average Bonchev–Trinajstić information content (AvgIpc) is 2.72. The van der Waals surface area contributed by atoms with Crippen LogP contribution in [0.2, 0.25) is 0 Å². The van der Waals surface area contributed by atoms with Gasteiger partial charge in [0.05, 0.1) is 17.1 Å². The molecule has 0 unspecified atom stereocenters. The van der Waals surface area contributed by atoms with Crippen LogP contribution in [0.25, 0.3) is 11.1 Å². The number of carbonyl (C=O) groups is 1. The summed E-state index contributed by atoms with van der Waals surface area (Å²) < 4.78 is 14.1. The van der Waals surface area contributed by atoms with Crippen molar-refractivity contribution in [3.63, 3.8) is 0 Å². The maximum Gasteiger partial charge on any atom is 0.331 e. The number of nitrogen functional groups attached to an aromatic ring is 1. The number of oxime groups is 1. The van der Waals surface area contributed by atoms with E-state index in [4.69, 9.17) is 10.6 Å². The van der Waals surface area contributed by atoms with Crippen LogP contribution in [-0.2, 0) is 16.1 Å². The first-order valence-electron chi connectivity index (χ1n) is 9.50. The maximum absolute atomic E-state index is 14.1. The molecule has 1 aliphatic carbocycles. The van der Waals surface area contributed by atoms with Crippen LogP contribution >= 0.6 is 0 Å². The molecule has 1 aliphatic rings. The van der Waals surface area contributed by atoms with Crippen molar-refractivity contribution >= 4 is 17.6 Å². The Kier molecular flexibility index (Phi) is 5.22. The molecule has 2 aromatic heterocycles. The molecule has 152 valence electrons. The van der Waals surface area contributed by atoms with Gasteiger partial charge in [-0.2, -0.15) is 0 Å². The zero-order valence-corrected chi connectivity index (χ0v) is 16.6. The Morgan fingerprint density at radius 1 is 1.27 bits per heavy atom. The first-order chi connectivity index (χ1) is 14.4. The molecule has 0 saturated heterocycles. The second-order valence-electron chi connectivity index (χ2n) is 7.19. The fraction of sp³-hybridized carbons (Fsp3) is 0.227. The minimum absolute atomic E-state index is 0.0729. The summed E-state index contributed by atoms with van der Waals surface area (Å²) in [5.41, 5.74) is 11.1. The number of anilines is 1. The number of pyridine rings is 1. The highest BCUT2D eigenvalue weighted by atomic mass is 19.1. The Morgan fingerprint density at radius 2 is 2.10 bits per heavy atom. The monoisotopic (exact) mass is 405 g/mol. The molecule has 0 saturated carbocycles. The van der Waals surface area contributed by atoms with Crippen molar-refractivity contribution in [3.05, 3.63) is 71.1 Å². The van der Waals surface area contributed by atoms with E-state index in [1.807, 2.05) is 19.1 Å². The topological polar surface area (TPSA) is 103 Å². The predicted octanol–water partition coefficient (Wildman–Crippen LogP) is 3.57. The summed E-state index contributed by atoms with van der Waals surface area (Å²) in [4.78, 5) is 29.1. The molecule has 0 fully saturated rings. The lowest BCUT2D eigenvalue weighted by molar-refractivity contribution is -0.140. The third kappa shape index (κ3) is 3.89. The number of hydrogen-bond donors (Lipinski definition) is 1. The molecule has 0 aliphatic heterocycles. The lowest BCUT2D eigenvalue weighted by Crippen LogP contribution is -2.24. The van der Waals surface area contributed by atoms with Crippen LogP contribution in [0.3, 0.4) is 0 Å². The van der Waals surface area contributed by atoms with E-state index in [1.165, 1.54) is 19.1 Å². The molecule has 8 heteroatoms. The van der Waals surface area contributed by atoms with E-state index in [1.54, 1.807) is 18.5 Å². The second-order valence-corrected chi connectivity index (χ2v) is 7.19. The normalized spacial score (nSPS) is 16.9. The highest BCUT2D eigenvalue weighted by Gasteiger charge is 2.30. The largest absolute Gasteiger partial charge is 0.368 e. The number of nitrogens with two attached hydrogens (primary N) is 1. The van der Waals surface area contributed by atoms with Gasteiger partial charge < -0.3 is 10.6 Å². The number of aromatic nitrogens is 3. The minimum atomic E-state index is -0.516. The summed E-state index contributed by atoms with van der Waals surface area (Å²) in [6.07, 6.45) is 4.42. The van der Waals surface area contributed by atoms with Crippen LogP contribution in [-0.4, -0.2) is 26.6 Å². The maximum atomic E-state index is 14.1. The smallest absolute Gasteiger partial charge is 0.331 e. The zero-order valence-electron chi connectivity index (χ0n) is 16.6. The van der Waals surface area contributed by atoms with E-state index in [2.05, 4.69) is 20.1 Å². The Balaban J connectivity index is 1.83. The van der Waals surface area contributed by atoms with Gasteiger partial charge in [-0.3, -0.25) is 4.98 Å². The van der Waals surface area contributed by atoms with Crippen LogP contribution in [0.15, 0.2) is 47.9 Å². The summed E-state index contributed by atoms with van der Waals surface area (Å²) in [7, 11) is 0. The van der Waals surface area contributed by atoms with Crippen molar-refractivity contribution < 1.29 is 14.0 Å². The number of aryl methyl sites for hydroxylation is 1. The fourth-order valence-electron chi connectivity index (χ4n) is 3.90. The standard InChI is InChI=1S/C22H20FN5O2/c1-12-21-19(27-22(24)26-12)8-15(9-20(21)28-30-13(2)29)17-6-5-16(23)10-18(17)14-4-3-7-25-11-14/h3-7,10-11,15H,8-9H2,1-2H3,(H2,24,26,27)/t15-/m0/s1. The van der Waals surface area contributed by atoms with E-state index in [-0.39, 0.29) is 17.7 Å². The lowest BCUT2D eigenvalue weighted by Gasteiger charge is -2.27. The van der Waals surface area contributed by atoms with Crippen molar-refractivity contribution in [1.29, 1.82) is 0 Å². The molecular weight excluding hydrogens is 385 g/mol. The summed E-state index contributed by atoms with van der Waals surface area (Å²) in [6.45, 7) is 3.11. The fourth-order valence-corrected chi connectivity index (χ4v) is 3.90. The van der Waals surface area contributed by atoms with Gasteiger partial charge in [0.2, 0.25) is 5.95 Å². The number of nitrogens with zero attached hydrogens (tertiary/aromatic N) is 4. The summed E-state index contributed by atoms with van der Waals surface area (Å²) in [5, 5.41) is 4.07. The molecule has 4 rings (SSSR count). The van der Waals surface area contributed by atoms with E-state index >= 15 is 0 Å². The van der Waals surface area contributed by atoms with Gasteiger partial charge in [0.1, 0.15) is 5.82 Å². The van der Waals surface area contributed by atoms with Crippen LogP contribution in [0.4, 0.5) is 10.3 Å².